The molecule has 7 heteroatoms. The van der Waals surface area contributed by atoms with Crippen LogP contribution in [0.4, 0.5) is 5.69 Å². The first-order valence-electron chi connectivity index (χ1n) is 6.51. The van der Waals surface area contributed by atoms with Crippen molar-refractivity contribution < 1.29 is 9.59 Å². The number of thioether (sulfide) groups is 1. The number of hydrogen-bond donors (Lipinski definition) is 2. The minimum Gasteiger partial charge on any atom is -0.321 e. The molecule has 0 saturated carbocycles. The summed E-state index contributed by atoms with van der Waals surface area (Å²) in [7, 11) is 0. The second-order valence-corrected chi connectivity index (χ2v) is 5.47. The highest BCUT2D eigenvalue weighted by molar-refractivity contribution is 7.97. The number of benzene rings is 1. The van der Waals surface area contributed by atoms with Crippen LogP contribution in [0.2, 0.25) is 0 Å². The molecule has 1 amide bonds. The summed E-state index contributed by atoms with van der Waals surface area (Å²) in [6, 6.07) is 7.74. The second-order valence-electron chi connectivity index (χ2n) is 4.60. The predicted octanol–water partition coefficient (Wildman–Crippen LogP) is 2.09. The maximum Gasteiger partial charge on any atom is 0.274 e. The van der Waals surface area contributed by atoms with Gasteiger partial charge in [0.05, 0.1) is 5.75 Å². The van der Waals surface area contributed by atoms with E-state index in [4.69, 9.17) is 0 Å². The Balaban J connectivity index is 2.24. The lowest BCUT2D eigenvalue weighted by atomic mass is 10.1. The van der Waals surface area contributed by atoms with E-state index in [9.17, 15) is 14.4 Å². The van der Waals surface area contributed by atoms with E-state index in [0.29, 0.717) is 22.8 Å². The van der Waals surface area contributed by atoms with E-state index in [1.165, 1.54) is 18.7 Å². The molecule has 1 aromatic heterocycles. The number of nitrogens with one attached hydrogen (secondary N) is 2. The average Bonchev–Trinajstić information content (AvgIpc) is 2.47. The van der Waals surface area contributed by atoms with E-state index in [2.05, 4.69) is 15.3 Å². The highest BCUT2D eigenvalue weighted by atomic mass is 32.2. The summed E-state index contributed by atoms with van der Waals surface area (Å²) in [5.41, 5.74) is 0.647. The highest BCUT2D eigenvalue weighted by Crippen LogP contribution is 2.12. The molecule has 1 heterocycles. The van der Waals surface area contributed by atoms with Crippen molar-refractivity contribution in [3.05, 3.63) is 57.8 Å². The van der Waals surface area contributed by atoms with E-state index in [0.717, 1.165) is 6.07 Å². The first kappa shape index (κ1) is 16.0. The minimum atomic E-state index is -0.492. The van der Waals surface area contributed by atoms with Gasteiger partial charge in [-0.25, -0.2) is 4.98 Å². The standard InChI is InChI=1S/C15H15N3O3S/c1-9(19)10-4-3-5-11(6-10)16-15(21)12-7-14(20)18-13(17-12)8-22-2/h3-7H,8H2,1-2H3,(H,16,21)(H,17,18,20). The number of amides is 1. The van der Waals surface area contributed by atoms with Gasteiger partial charge < -0.3 is 10.3 Å². The first-order chi connectivity index (χ1) is 10.5. The quantitative estimate of drug-likeness (QED) is 0.824. The zero-order valence-electron chi connectivity index (χ0n) is 12.2. The molecule has 2 aromatic rings. The Kier molecular flexibility index (Phi) is 5.11. The molecular formula is C15H15N3O3S. The molecule has 0 radical (unpaired) electrons. The number of anilines is 1. The van der Waals surface area contributed by atoms with Gasteiger partial charge in [-0.15, -0.1) is 0 Å². The maximum absolute atomic E-state index is 12.2. The van der Waals surface area contributed by atoms with Crippen LogP contribution in [0.25, 0.3) is 0 Å². The van der Waals surface area contributed by atoms with Crippen LogP contribution in [0.5, 0.6) is 0 Å². The van der Waals surface area contributed by atoms with Gasteiger partial charge in [0.1, 0.15) is 11.5 Å². The predicted molar refractivity (Wildman–Crippen MR) is 86.5 cm³/mol. The number of aromatic amines is 1. The number of aromatic nitrogens is 2. The summed E-state index contributed by atoms with van der Waals surface area (Å²) < 4.78 is 0. The fraction of sp³-hybridized carbons (Fsp3) is 0.200. The largest absolute Gasteiger partial charge is 0.321 e. The van der Waals surface area contributed by atoms with E-state index >= 15 is 0 Å². The summed E-state index contributed by atoms with van der Waals surface area (Å²) in [5.74, 6) is 0.375. The molecule has 0 spiro atoms. The van der Waals surface area contributed by atoms with Gasteiger partial charge in [0.15, 0.2) is 5.78 Å². The molecule has 2 rings (SSSR count). The number of H-pyrrole nitrogens is 1. The Morgan fingerprint density at radius 1 is 1.32 bits per heavy atom. The van der Waals surface area contributed by atoms with Crippen LogP contribution in [0.3, 0.4) is 0 Å². The molecule has 1 aromatic carbocycles. The zero-order valence-corrected chi connectivity index (χ0v) is 13.0. The number of hydrogen-bond acceptors (Lipinski definition) is 5. The molecule has 0 aliphatic rings. The van der Waals surface area contributed by atoms with Gasteiger partial charge >= 0.3 is 0 Å². The van der Waals surface area contributed by atoms with Crippen LogP contribution < -0.4 is 10.9 Å². The Labute approximate surface area is 131 Å². The van der Waals surface area contributed by atoms with Crippen molar-refractivity contribution >= 4 is 29.1 Å². The monoisotopic (exact) mass is 317 g/mol. The maximum atomic E-state index is 12.2. The molecule has 0 saturated heterocycles. The van der Waals surface area contributed by atoms with E-state index < -0.39 is 5.91 Å². The van der Waals surface area contributed by atoms with Gasteiger partial charge in [0.25, 0.3) is 11.5 Å². The molecule has 0 aliphatic carbocycles. The number of rotatable bonds is 5. The lowest BCUT2D eigenvalue weighted by Gasteiger charge is -2.07. The van der Waals surface area contributed by atoms with Crippen molar-refractivity contribution in [1.82, 2.24) is 9.97 Å². The summed E-state index contributed by atoms with van der Waals surface area (Å²) in [6.07, 6.45) is 1.87. The van der Waals surface area contributed by atoms with Gasteiger partial charge in [0.2, 0.25) is 0 Å². The third-order valence-corrected chi connectivity index (χ3v) is 3.39. The summed E-state index contributed by atoms with van der Waals surface area (Å²) in [5, 5.41) is 2.64. The smallest absolute Gasteiger partial charge is 0.274 e. The molecule has 0 fully saturated rings. The molecule has 6 nitrogen and oxygen atoms in total. The van der Waals surface area contributed by atoms with Gasteiger partial charge in [0, 0.05) is 17.3 Å². The molecule has 0 aliphatic heterocycles. The third-order valence-electron chi connectivity index (χ3n) is 2.83. The van der Waals surface area contributed by atoms with E-state index in [1.807, 2.05) is 6.26 Å². The molecule has 0 atom stereocenters. The van der Waals surface area contributed by atoms with Crippen molar-refractivity contribution in [2.45, 2.75) is 12.7 Å². The van der Waals surface area contributed by atoms with Crippen LogP contribution in [-0.4, -0.2) is 27.9 Å². The second kappa shape index (κ2) is 7.04. The summed E-state index contributed by atoms with van der Waals surface area (Å²) in [4.78, 5) is 41.8. The van der Waals surface area contributed by atoms with E-state index in [-0.39, 0.29) is 17.0 Å². The third kappa shape index (κ3) is 4.05. The minimum absolute atomic E-state index is 0.0426. The van der Waals surface area contributed by atoms with Crippen molar-refractivity contribution in [1.29, 1.82) is 0 Å². The number of nitrogens with zero attached hydrogens (tertiary/aromatic N) is 1. The molecule has 22 heavy (non-hydrogen) atoms. The fourth-order valence-corrected chi connectivity index (χ4v) is 2.25. The van der Waals surface area contributed by atoms with Crippen LogP contribution in [-0.2, 0) is 5.75 Å². The molecule has 2 N–H and O–H groups in total. The van der Waals surface area contributed by atoms with Gasteiger partial charge in [-0.3, -0.25) is 14.4 Å². The van der Waals surface area contributed by atoms with Gasteiger partial charge in [-0.1, -0.05) is 12.1 Å². The number of ketones is 1. The van der Waals surface area contributed by atoms with Crippen LogP contribution >= 0.6 is 11.8 Å². The lowest BCUT2D eigenvalue weighted by molar-refractivity contribution is 0.100. The average molecular weight is 317 g/mol. The fourth-order valence-electron chi connectivity index (χ4n) is 1.84. The Morgan fingerprint density at radius 3 is 2.77 bits per heavy atom. The van der Waals surface area contributed by atoms with Crippen LogP contribution in [0, 0.1) is 0 Å². The number of carbonyl (C=O) groups is 2. The Morgan fingerprint density at radius 2 is 2.09 bits per heavy atom. The van der Waals surface area contributed by atoms with Crippen molar-refractivity contribution in [3.63, 3.8) is 0 Å². The van der Waals surface area contributed by atoms with Crippen molar-refractivity contribution in [3.8, 4) is 0 Å². The normalized spacial score (nSPS) is 10.3. The highest BCUT2D eigenvalue weighted by Gasteiger charge is 2.11. The first-order valence-corrected chi connectivity index (χ1v) is 7.90. The van der Waals surface area contributed by atoms with Crippen LogP contribution in [0.1, 0.15) is 33.6 Å². The number of carbonyl (C=O) groups excluding carboxylic acids is 2. The van der Waals surface area contributed by atoms with Gasteiger partial charge in [-0.2, -0.15) is 11.8 Å². The lowest BCUT2D eigenvalue weighted by Crippen LogP contribution is -2.20. The van der Waals surface area contributed by atoms with Crippen molar-refractivity contribution in [2.75, 3.05) is 11.6 Å². The zero-order chi connectivity index (χ0) is 16.1. The van der Waals surface area contributed by atoms with Crippen LogP contribution in [0.15, 0.2) is 35.1 Å². The molecular weight excluding hydrogens is 302 g/mol. The van der Waals surface area contributed by atoms with E-state index in [1.54, 1.807) is 24.3 Å². The van der Waals surface area contributed by atoms with Crippen molar-refractivity contribution in [2.24, 2.45) is 0 Å². The topological polar surface area (TPSA) is 91.9 Å². The molecule has 0 unspecified atom stereocenters. The molecule has 0 bridgehead atoms. The SMILES string of the molecule is CSCc1nc(C(=O)Nc2cccc(C(C)=O)c2)cc(=O)[nH]1. The summed E-state index contributed by atoms with van der Waals surface area (Å²) in [6.45, 7) is 1.45. The Hall–Kier alpha value is -2.41. The van der Waals surface area contributed by atoms with Gasteiger partial charge in [-0.05, 0) is 25.3 Å². The Bertz CT molecular complexity index is 771. The molecule has 114 valence electrons. The summed E-state index contributed by atoms with van der Waals surface area (Å²) >= 11 is 1.49. The number of Topliss-reactive ketones (excluding diaryl/α,β-unsaturated/α-hetero) is 1.